The normalized spacial score (nSPS) is 20.6. The van der Waals surface area contributed by atoms with Crippen LogP contribution in [0.1, 0.15) is 25.8 Å². The van der Waals surface area contributed by atoms with E-state index in [9.17, 15) is 13.2 Å². The van der Waals surface area contributed by atoms with Gasteiger partial charge in [-0.2, -0.15) is 13.2 Å². The predicted molar refractivity (Wildman–Crippen MR) is 131 cm³/mol. The van der Waals surface area contributed by atoms with Crippen molar-refractivity contribution in [3.8, 4) is 11.4 Å². The number of hydrogen-bond acceptors (Lipinski definition) is 6. The van der Waals surface area contributed by atoms with Gasteiger partial charge in [0.15, 0.2) is 5.82 Å². The summed E-state index contributed by atoms with van der Waals surface area (Å²) in [5.74, 6) is 0.798. The van der Waals surface area contributed by atoms with Gasteiger partial charge >= 0.3 is 6.18 Å². The zero-order valence-corrected chi connectivity index (χ0v) is 19.5. The zero-order valence-electron chi connectivity index (χ0n) is 19.5. The number of ether oxygens (including phenoxy) is 1. The molecule has 1 N–H and O–H groups in total. The lowest BCUT2D eigenvalue weighted by Gasteiger charge is -2.30. The molecule has 1 aromatic heterocycles. The molecule has 1 fully saturated rings. The Balaban J connectivity index is 1.68. The lowest BCUT2D eigenvalue weighted by molar-refractivity contribution is -0.137. The van der Waals surface area contributed by atoms with Crippen LogP contribution in [-0.4, -0.2) is 54.3 Å². The van der Waals surface area contributed by atoms with E-state index in [-0.39, 0.29) is 23.5 Å². The summed E-state index contributed by atoms with van der Waals surface area (Å²) in [5, 5.41) is 8.51. The molecule has 184 valence electrons. The van der Waals surface area contributed by atoms with Crippen molar-refractivity contribution in [2.75, 3.05) is 36.5 Å². The first-order valence-corrected chi connectivity index (χ1v) is 11.7. The highest BCUT2D eigenvalue weighted by atomic mass is 19.4. The van der Waals surface area contributed by atoms with Gasteiger partial charge < -0.3 is 25.3 Å². The van der Waals surface area contributed by atoms with Crippen LogP contribution < -0.4 is 10.2 Å². The summed E-state index contributed by atoms with van der Waals surface area (Å²) in [6, 6.07) is 11.1. The van der Waals surface area contributed by atoms with Crippen LogP contribution in [-0.2, 0) is 10.9 Å². The van der Waals surface area contributed by atoms with Gasteiger partial charge in [0.2, 0.25) is 0 Å². The van der Waals surface area contributed by atoms with E-state index < -0.39 is 11.7 Å². The van der Waals surface area contributed by atoms with E-state index in [4.69, 9.17) is 4.74 Å². The van der Waals surface area contributed by atoms with E-state index in [2.05, 4.69) is 30.5 Å². The van der Waals surface area contributed by atoms with Crippen LogP contribution in [0.25, 0.3) is 27.6 Å². The van der Waals surface area contributed by atoms with E-state index in [0.29, 0.717) is 49.0 Å². The smallest absolute Gasteiger partial charge is 0.397 e. The molecular formula is C25H26F3N6O-. The van der Waals surface area contributed by atoms with Crippen LogP contribution in [0, 0.1) is 0 Å². The highest BCUT2D eigenvalue weighted by Crippen LogP contribution is 2.38. The van der Waals surface area contributed by atoms with Crippen molar-refractivity contribution in [3.63, 3.8) is 0 Å². The van der Waals surface area contributed by atoms with Crippen molar-refractivity contribution in [2.24, 2.45) is 4.99 Å². The average molecular weight is 484 g/mol. The summed E-state index contributed by atoms with van der Waals surface area (Å²) in [6.07, 6.45) is -3.70. The van der Waals surface area contributed by atoms with Gasteiger partial charge in [0.05, 0.1) is 35.8 Å². The van der Waals surface area contributed by atoms with E-state index in [0.717, 1.165) is 18.2 Å². The maximum absolute atomic E-state index is 13.8. The number of nitrogens with zero attached hydrogens (tertiary/aromatic N) is 5. The molecule has 0 radical (unpaired) electrons. The van der Waals surface area contributed by atoms with Crippen molar-refractivity contribution in [1.29, 1.82) is 0 Å². The molecule has 2 atom stereocenters. The van der Waals surface area contributed by atoms with Gasteiger partial charge in [-0.1, -0.05) is 44.2 Å². The summed E-state index contributed by atoms with van der Waals surface area (Å²) in [5.41, 5.74) is 0.535. The van der Waals surface area contributed by atoms with Gasteiger partial charge in [-0.25, -0.2) is 9.97 Å². The Hall–Kier alpha value is -3.40. The Labute approximate surface area is 201 Å². The molecule has 10 heteroatoms. The Morgan fingerprint density at radius 2 is 1.86 bits per heavy atom. The molecule has 1 saturated heterocycles. The van der Waals surface area contributed by atoms with Crippen LogP contribution in [0.15, 0.2) is 47.5 Å². The van der Waals surface area contributed by atoms with Crippen molar-refractivity contribution < 1.29 is 17.9 Å². The maximum Gasteiger partial charge on any atom is 0.417 e. The SMILES string of the molecule is CCC1[N-]C(Nc2nc(-c3ccccc3C(F)(F)F)nc3c(N4CCOCC4)cccc23)=NC1C. The number of aliphatic imine (C=N–C) groups is 1. The minimum Gasteiger partial charge on any atom is -0.397 e. The Morgan fingerprint density at radius 1 is 1.09 bits per heavy atom. The minimum absolute atomic E-state index is 0.00711. The number of hydrogen-bond donors (Lipinski definition) is 1. The van der Waals surface area contributed by atoms with Crippen LogP contribution >= 0.6 is 0 Å². The van der Waals surface area contributed by atoms with Crippen molar-refractivity contribution in [2.45, 2.75) is 38.5 Å². The molecule has 0 saturated carbocycles. The van der Waals surface area contributed by atoms with Crippen LogP contribution in [0.4, 0.5) is 24.7 Å². The Morgan fingerprint density at radius 3 is 2.57 bits per heavy atom. The number of guanidine groups is 1. The molecule has 2 aliphatic heterocycles. The number of benzene rings is 2. The fraction of sp³-hybridized carbons (Fsp3) is 0.400. The number of nitrogens with one attached hydrogen (secondary N) is 1. The van der Waals surface area contributed by atoms with Crippen LogP contribution in [0.5, 0.6) is 0 Å². The molecule has 0 amide bonds. The fourth-order valence-electron chi connectivity index (χ4n) is 4.52. The van der Waals surface area contributed by atoms with Gasteiger partial charge in [-0.05, 0) is 24.6 Å². The Kier molecular flexibility index (Phi) is 6.22. The third-order valence-electron chi connectivity index (χ3n) is 6.35. The quantitative estimate of drug-likeness (QED) is 0.532. The number of fused-ring (bicyclic) bond motifs is 1. The standard InChI is InChI=1S/C25H26F3N6O/c1-3-19-15(2)29-24(30-19)33-23-17-8-6-10-20(34-11-13-35-14-12-34)21(17)31-22(32-23)16-7-4-5-9-18(16)25(26,27)28/h4-10,15,19H,3,11-14H2,1-2H3,(H-,29,30,31,32,33)/q-1. The lowest BCUT2D eigenvalue weighted by atomic mass is 10.1. The summed E-state index contributed by atoms with van der Waals surface area (Å²) >= 11 is 0. The number of alkyl halides is 3. The number of rotatable bonds is 4. The third-order valence-corrected chi connectivity index (χ3v) is 6.35. The first kappa shape index (κ1) is 23.3. The average Bonchev–Trinajstić information content (AvgIpc) is 3.22. The molecule has 0 aliphatic carbocycles. The second-order valence-electron chi connectivity index (χ2n) is 8.63. The van der Waals surface area contributed by atoms with Crippen molar-refractivity contribution in [1.82, 2.24) is 9.97 Å². The first-order chi connectivity index (χ1) is 16.8. The molecule has 7 nitrogen and oxygen atoms in total. The summed E-state index contributed by atoms with van der Waals surface area (Å²) < 4.78 is 47.0. The fourth-order valence-corrected chi connectivity index (χ4v) is 4.52. The number of anilines is 2. The molecule has 3 aromatic rings. The van der Waals surface area contributed by atoms with E-state index >= 15 is 0 Å². The van der Waals surface area contributed by atoms with Crippen LogP contribution in [0.2, 0.25) is 0 Å². The minimum atomic E-state index is -4.54. The molecule has 2 unspecified atom stereocenters. The zero-order chi connectivity index (χ0) is 24.6. The van der Waals surface area contributed by atoms with Gasteiger partial charge in [-0.15, -0.1) is 0 Å². The van der Waals surface area contributed by atoms with E-state index in [1.165, 1.54) is 12.1 Å². The van der Waals surface area contributed by atoms with Gasteiger partial charge in [0.25, 0.3) is 0 Å². The molecule has 35 heavy (non-hydrogen) atoms. The maximum atomic E-state index is 13.8. The molecule has 2 aromatic carbocycles. The number of halogens is 3. The number of para-hydroxylation sites is 1. The topological polar surface area (TPSA) is 76.7 Å². The highest BCUT2D eigenvalue weighted by molar-refractivity contribution is 6.10. The van der Waals surface area contributed by atoms with Gasteiger partial charge in [0.1, 0.15) is 0 Å². The molecular weight excluding hydrogens is 457 g/mol. The first-order valence-electron chi connectivity index (χ1n) is 11.7. The highest BCUT2D eigenvalue weighted by Gasteiger charge is 2.34. The number of morpholine rings is 1. The third kappa shape index (κ3) is 4.62. The second kappa shape index (κ2) is 9.33. The van der Waals surface area contributed by atoms with Crippen molar-refractivity contribution >= 4 is 28.4 Å². The van der Waals surface area contributed by atoms with Crippen molar-refractivity contribution in [3.05, 3.63) is 53.3 Å². The second-order valence-corrected chi connectivity index (χ2v) is 8.63. The predicted octanol–water partition coefficient (Wildman–Crippen LogP) is 5.47. The lowest BCUT2D eigenvalue weighted by Crippen LogP contribution is -2.36. The molecule has 3 heterocycles. The molecule has 0 bridgehead atoms. The van der Waals surface area contributed by atoms with E-state index in [1.54, 1.807) is 6.07 Å². The molecule has 5 rings (SSSR count). The summed E-state index contributed by atoms with van der Waals surface area (Å²) in [6.45, 7) is 6.51. The van der Waals surface area contributed by atoms with Gasteiger partial charge in [-0.3, -0.25) is 0 Å². The monoisotopic (exact) mass is 483 g/mol. The van der Waals surface area contributed by atoms with Gasteiger partial charge in [0, 0.05) is 36.0 Å². The Bertz CT molecular complexity index is 1260. The number of aromatic nitrogens is 2. The summed E-state index contributed by atoms with van der Waals surface area (Å²) in [7, 11) is 0. The molecule has 0 spiro atoms. The molecule has 2 aliphatic rings. The van der Waals surface area contributed by atoms with Crippen LogP contribution in [0.3, 0.4) is 0 Å². The summed E-state index contributed by atoms with van der Waals surface area (Å²) in [4.78, 5) is 16.0. The largest absolute Gasteiger partial charge is 0.417 e. The van der Waals surface area contributed by atoms with E-state index in [1.807, 2.05) is 32.0 Å².